The highest BCUT2D eigenvalue weighted by Gasteiger charge is 2.24. The van der Waals surface area contributed by atoms with Crippen LogP contribution >= 0.6 is 11.6 Å². The van der Waals surface area contributed by atoms with Crippen LogP contribution in [0.5, 0.6) is 0 Å². The summed E-state index contributed by atoms with van der Waals surface area (Å²) in [6.45, 7) is 1.75. The summed E-state index contributed by atoms with van der Waals surface area (Å²) in [6, 6.07) is 3.76. The van der Waals surface area contributed by atoms with Crippen LogP contribution < -0.4 is 0 Å². The van der Waals surface area contributed by atoms with E-state index in [4.69, 9.17) is 11.6 Å². The number of esters is 1. The van der Waals surface area contributed by atoms with Crippen LogP contribution in [0.2, 0.25) is 5.02 Å². The van der Waals surface area contributed by atoms with Gasteiger partial charge in [-0.1, -0.05) is 17.7 Å². The van der Waals surface area contributed by atoms with Crippen molar-refractivity contribution in [3.8, 4) is 0 Å². The minimum absolute atomic E-state index is 0.0298. The highest BCUT2D eigenvalue weighted by Crippen LogP contribution is 2.22. The standard InChI is InChI=1S/C11H10ClFO3/c1-2-16-11(15)9(6-14)8-4-3-7(12)5-10(8)13/h3-6,9H,2H2,1H3. The van der Waals surface area contributed by atoms with Gasteiger partial charge < -0.3 is 9.53 Å². The minimum atomic E-state index is -1.24. The quantitative estimate of drug-likeness (QED) is 0.464. The second-order valence-electron chi connectivity index (χ2n) is 3.03. The summed E-state index contributed by atoms with van der Waals surface area (Å²) in [5.41, 5.74) is -0.0298. The second kappa shape index (κ2) is 5.61. The number of benzene rings is 1. The van der Waals surface area contributed by atoms with Gasteiger partial charge in [-0.2, -0.15) is 0 Å². The molecule has 3 nitrogen and oxygen atoms in total. The number of hydrogen-bond donors (Lipinski definition) is 0. The van der Waals surface area contributed by atoms with Gasteiger partial charge in [0.05, 0.1) is 6.61 Å². The van der Waals surface area contributed by atoms with Crippen molar-refractivity contribution in [2.75, 3.05) is 6.61 Å². The van der Waals surface area contributed by atoms with E-state index in [1.54, 1.807) is 6.92 Å². The van der Waals surface area contributed by atoms with E-state index in [1.165, 1.54) is 12.1 Å². The molecule has 0 aromatic heterocycles. The summed E-state index contributed by atoms with van der Waals surface area (Å²) in [6.07, 6.45) is 0.351. The zero-order chi connectivity index (χ0) is 12.1. The zero-order valence-corrected chi connectivity index (χ0v) is 9.33. The van der Waals surface area contributed by atoms with Crippen LogP contribution in [0.4, 0.5) is 4.39 Å². The lowest BCUT2D eigenvalue weighted by molar-refractivity contribution is -0.146. The van der Waals surface area contributed by atoms with Crippen molar-refractivity contribution in [3.63, 3.8) is 0 Å². The van der Waals surface area contributed by atoms with E-state index >= 15 is 0 Å². The van der Waals surface area contributed by atoms with Gasteiger partial charge in [-0.05, 0) is 19.1 Å². The molecule has 0 saturated carbocycles. The molecule has 1 atom stereocenters. The second-order valence-corrected chi connectivity index (χ2v) is 3.47. The van der Waals surface area contributed by atoms with Crippen LogP contribution in [0.25, 0.3) is 0 Å². The fourth-order valence-corrected chi connectivity index (χ4v) is 1.40. The van der Waals surface area contributed by atoms with Gasteiger partial charge in [0.1, 0.15) is 18.0 Å². The molecule has 0 spiro atoms. The molecule has 0 aliphatic rings. The van der Waals surface area contributed by atoms with Crippen molar-refractivity contribution in [2.45, 2.75) is 12.8 Å². The monoisotopic (exact) mass is 244 g/mol. The molecule has 0 N–H and O–H groups in total. The fourth-order valence-electron chi connectivity index (χ4n) is 1.24. The molecule has 1 rings (SSSR count). The lowest BCUT2D eigenvalue weighted by Crippen LogP contribution is -2.18. The molecule has 16 heavy (non-hydrogen) atoms. The van der Waals surface area contributed by atoms with E-state index in [2.05, 4.69) is 4.74 Å². The molecule has 0 aliphatic heterocycles. The molecule has 1 unspecified atom stereocenters. The van der Waals surface area contributed by atoms with E-state index in [0.717, 1.165) is 6.07 Å². The normalized spacial score (nSPS) is 11.9. The maximum Gasteiger partial charge on any atom is 0.320 e. The average molecular weight is 245 g/mol. The summed E-state index contributed by atoms with van der Waals surface area (Å²) < 4.78 is 18.1. The van der Waals surface area contributed by atoms with Crippen LogP contribution in [0.3, 0.4) is 0 Å². The van der Waals surface area contributed by atoms with E-state index in [-0.39, 0.29) is 17.2 Å². The first-order valence-corrected chi connectivity index (χ1v) is 5.04. The molecule has 1 aromatic rings. The topological polar surface area (TPSA) is 43.4 Å². The third-order valence-electron chi connectivity index (χ3n) is 1.97. The molecule has 1 aromatic carbocycles. The van der Waals surface area contributed by atoms with Crippen LogP contribution in [-0.4, -0.2) is 18.9 Å². The van der Waals surface area contributed by atoms with Gasteiger partial charge in [-0.25, -0.2) is 4.39 Å². The van der Waals surface area contributed by atoms with Gasteiger partial charge in [-0.15, -0.1) is 0 Å². The van der Waals surface area contributed by atoms with Crippen molar-refractivity contribution in [1.29, 1.82) is 0 Å². The van der Waals surface area contributed by atoms with Gasteiger partial charge in [-0.3, -0.25) is 4.79 Å². The molecule has 5 heteroatoms. The van der Waals surface area contributed by atoms with Gasteiger partial charge >= 0.3 is 5.97 Å². The Kier molecular flexibility index (Phi) is 4.43. The number of aldehydes is 1. The van der Waals surface area contributed by atoms with E-state index in [9.17, 15) is 14.0 Å². The Hall–Kier alpha value is -1.42. The third-order valence-corrected chi connectivity index (χ3v) is 2.21. The Morgan fingerprint density at radius 2 is 2.31 bits per heavy atom. The Balaban J connectivity index is 3.04. The zero-order valence-electron chi connectivity index (χ0n) is 8.57. The van der Waals surface area contributed by atoms with Crippen LogP contribution in [0, 0.1) is 5.82 Å². The molecule has 0 radical (unpaired) electrons. The SMILES string of the molecule is CCOC(=O)C(C=O)c1ccc(Cl)cc1F. The number of halogens is 2. The predicted molar refractivity (Wildman–Crippen MR) is 56.8 cm³/mol. The van der Waals surface area contributed by atoms with Gasteiger partial charge in [0.2, 0.25) is 0 Å². The van der Waals surface area contributed by atoms with Crippen molar-refractivity contribution >= 4 is 23.9 Å². The largest absolute Gasteiger partial charge is 0.465 e. The lowest BCUT2D eigenvalue weighted by Gasteiger charge is -2.10. The lowest BCUT2D eigenvalue weighted by atomic mass is 10.0. The molecule has 0 fully saturated rings. The van der Waals surface area contributed by atoms with Crippen molar-refractivity contribution in [1.82, 2.24) is 0 Å². The van der Waals surface area contributed by atoms with Crippen LogP contribution in [0.1, 0.15) is 18.4 Å². The molecular weight excluding hydrogens is 235 g/mol. The van der Waals surface area contributed by atoms with Crippen LogP contribution in [-0.2, 0) is 14.3 Å². The predicted octanol–water partition coefficient (Wildman–Crippen LogP) is 2.32. The Morgan fingerprint density at radius 3 is 2.81 bits per heavy atom. The molecule has 0 aliphatic carbocycles. The summed E-state index contributed by atoms with van der Waals surface area (Å²) in [5, 5.41) is 0.203. The molecule has 0 heterocycles. The first-order chi connectivity index (χ1) is 7.60. The Bertz CT molecular complexity index is 406. The highest BCUT2D eigenvalue weighted by molar-refractivity contribution is 6.30. The Morgan fingerprint density at radius 1 is 1.62 bits per heavy atom. The first-order valence-electron chi connectivity index (χ1n) is 4.67. The number of rotatable bonds is 4. The van der Waals surface area contributed by atoms with E-state index < -0.39 is 17.7 Å². The highest BCUT2D eigenvalue weighted by atomic mass is 35.5. The van der Waals surface area contributed by atoms with Gasteiger partial charge in [0, 0.05) is 10.6 Å². The van der Waals surface area contributed by atoms with Crippen molar-refractivity contribution < 1.29 is 18.7 Å². The number of carbonyl (C=O) groups is 2. The van der Waals surface area contributed by atoms with Gasteiger partial charge in [0.25, 0.3) is 0 Å². The minimum Gasteiger partial charge on any atom is -0.465 e. The molecule has 0 saturated heterocycles. The first kappa shape index (κ1) is 12.6. The van der Waals surface area contributed by atoms with Crippen LogP contribution in [0.15, 0.2) is 18.2 Å². The average Bonchev–Trinajstić information content (AvgIpc) is 2.22. The summed E-state index contributed by atoms with van der Waals surface area (Å²) in [7, 11) is 0. The smallest absolute Gasteiger partial charge is 0.320 e. The van der Waals surface area contributed by atoms with Crippen molar-refractivity contribution in [2.24, 2.45) is 0 Å². The number of hydrogen-bond acceptors (Lipinski definition) is 3. The molecule has 0 amide bonds. The fraction of sp³-hybridized carbons (Fsp3) is 0.273. The molecule has 86 valence electrons. The van der Waals surface area contributed by atoms with Gasteiger partial charge in [0.15, 0.2) is 0 Å². The van der Waals surface area contributed by atoms with Crippen molar-refractivity contribution in [3.05, 3.63) is 34.6 Å². The van der Waals surface area contributed by atoms with E-state index in [0.29, 0.717) is 6.29 Å². The van der Waals surface area contributed by atoms with E-state index in [1.807, 2.05) is 0 Å². The summed E-state index contributed by atoms with van der Waals surface area (Å²) in [4.78, 5) is 22.1. The number of ether oxygens (including phenoxy) is 1. The summed E-state index contributed by atoms with van der Waals surface area (Å²) in [5.74, 6) is -2.70. The molecule has 0 bridgehead atoms. The third kappa shape index (κ3) is 2.79. The maximum absolute atomic E-state index is 13.4. The maximum atomic E-state index is 13.4. The number of carbonyl (C=O) groups excluding carboxylic acids is 2. The Labute approximate surface area is 97.2 Å². The molecular formula is C11H10ClFO3. The summed E-state index contributed by atoms with van der Waals surface area (Å²) >= 11 is 5.56.